The zero-order valence-electron chi connectivity index (χ0n) is 10.8. The molecule has 0 fully saturated rings. The van der Waals surface area contributed by atoms with Gasteiger partial charge in [0.25, 0.3) is 0 Å². The van der Waals surface area contributed by atoms with Gasteiger partial charge < -0.3 is 4.74 Å². The van der Waals surface area contributed by atoms with Crippen LogP contribution in [0.4, 0.5) is 0 Å². The standard InChI is InChI=1S/C18H11NO/c19-10-11-20-16-9-7-14-5-4-12-2-1-3-13-6-8-15(16)18(14)17(12)13/h1-9H,11H2. The molecule has 0 radical (unpaired) electrons. The summed E-state index contributed by atoms with van der Waals surface area (Å²) in [4.78, 5) is 0. The van der Waals surface area contributed by atoms with Crippen LogP contribution in [0.3, 0.4) is 0 Å². The first-order valence-corrected chi connectivity index (χ1v) is 6.55. The normalized spacial score (nSPS) is 11.2. The summed E-state index contributed by atoms with van der Waals surface area (Å²) >= 11 is 0. The number of ether oxygens (including phenoxy) is 1. The zero-order valence-corrected chi connectivity index (χ0v) is 10.8. The molecule has 0 N–H and O–H groups in total. The lowest BCUT2D eigenvalue weighted by Crippen LogP contribution is -1.95. The summed E-state index contributed by atoms with van der Waals surface area (Å²) in [6.45, 7) is 0.0734. The molecule has 0 heterocycles. The summed E-state index contributed by atoms with van der Waals surface area (Å²) in [5.74, 6) is 0.775. The van der Waals surface area contributed by atoms with Crippen molar-refractivity contribution >= 4 is 32.3 Å². The topological polar surface area (TPSA) is 33.0 Å². The van der Waals surface area contributed by atoms with Gasteiger partial charge in [-0.15, -0.1) is 0 Å². The van der Waals surface area contributed by atoms with Crippen molar-refractivity contribution in [2.45, 2.75) is 0 Å². The monoisotopic (exact) mass is 257 g/mol. The van der Waals surface area contributed by atoms with Crippen LogP contribution in [0.2, 0.25) is 0 Å². The Bertz CT molecular complexity index is 950. The van der Waals surface area contributed by atoms with Crippen LogP contribution < -0.4 is 4.74 Å². The van der Waals surface area contributed by atoms with E-state index in [1.807, 2.05) is 12.1 Å². The highest BCUT2D eigenvalue weighted by Crippen LogP contribution is 2.38. The highest BCUT2D eigenvalue weighted by atomic mass is 16.5. The van der Waals surface area contributed by atoms with Crippen molar-refractivity contribution in [3.05, 3.63) is 54.6 Å². The molecule has 0 aliphatic carbocycles. The number of nitriles is 1. The predicted octanol–water partition coefficient (Wildman–Crippen LogP) is 4.49. The molecule has 4 aromatic rings. The summed E-state index contributed by atoms with van der Waals surface area (Å²) in [5.41, 5.74) is 0. The Morgan fingerprint density at radius 1 is 0.800 bits per heavy atom. The van der Waals surface area contributed by atoms with E-state index in [9.17, 15) is 0 Å². The van der Waals surface area contributed by atoms with E-state index in [0.717, 1.165) is 11.1 Å². The van der Waals surface area contributed by atoms with Crippen LogP contribution in [-0.4, -0.2) is 6.61 Å². The van der Waals surface area contributed by atoms with Gasteiger partial charge >= 0.3 is 0 Å². The lowest BCUT2D eigenvalue weighted by atomic mass is 9.94. The van der Waals surface area contributed by atoms with Crippen LogP contribution in [0.15, 0.2) is 54.6 Å². The Kier molecular flexibility index (Phi) is 2.27. The third kappa shape index (κ3) is 1.44. The average Bonchev–Trinajstić information content (AvgIpc) is 2.51. The molecule has 4 aromatic carbocycles. The van der Waals surface area contributed by atoms with Gasteiger partial charge in [-0.2, -0.15) is 5.26 Å². The number of rotatable bonds is 2. The smallest absolute Gasteiger partial charge is 0.174 e. The maximum absolute atomic E-state index is 8.70. The van der Waals surface area contributed by atoms with Crippen molar-refractivity contribution in [1.82, 2.24) is 0 Å². The summed E-state index contributed by atoms with van der Waals surface area (Å²) in [7, 11) is 0. The minimum absolute atomic E-state index is 0.0734. The Hall–Kier alpha value is -2.79. The molecule has 20 heavy (non-hydrogen) atoms. The highest BCUT2D eigenvalue weighted by Gasteiger charge is 2.10. The molecule has 0 aliphatic heterocycles. The average molecular weight is 257 g/mol. The van der Waals surface area contributed by atoms with Crippen molar-refractivity contribution < 1.29 is 4.74 Å². The van der Waals surface area contributed by atoms with E-state index in [4.69, 9.17) is 10.00 Å². The third-order valence-electron chi connectivity index (χ3n) is 3.78. The molecule has 2 nitrogen and oxygen atoms in total. The summed E-state index contributed by atoms with van der Waals surface area (Å²) in [6.07, 6.45) is 0. The van der Waals surface area contributed by atoms with Crippen LogP contribution in [0.1, 0.15) is 0 Å². The number of hydrogen-bond acceptors (Lipinski definition) is 2. The van der Waals surface area contributed by atoms with Gasteiger partial charge in [0.15, 0.2) is 6.61 Å². The van der Waals surface area contributed by atoms with Gasteiger partial charge in [-0.05, 0) is 33.7 Å². The van der Waals surface area contributed by atoms with Crippen molar-refractivity contribution in [3.63, 3.8) is 0 Å². The van der Waals surface area contributed by atoms with Crippen LogP contribution in [0.5, 0.6) is 5.75 Å². The van der Waals surface area contributed by atoms with E-state index in [2.05, 4.69) is 48.5 Å². The van der Waals surface area contributed by atoms with E-state index in [1.54, 1.807) is 0 Å². The van der Waals surface area contributed by atoms with Gasteiger partial charge in [0, 0.05) is 10.8 Å². The third-order valence-corrected chi connectivity index (χ3v) is 3.78. The molecular formula is C18H11NO. The predicted molar refractivity (Wildman–Crippen MR) is 81.3 cm³/mol. The van der Waals surface area contributed by atoms with Crippen molar-refractivity contribution in [3.8, 4) is 11.8 Å². The SMILES string of the molecule is N#CCOc1ccc2ccc3cccc4ccc1c2c34. The van der Waals surface area contributed by atoms with E-state index < -0.39 is 0 Å². The Morgan fingerprint density at radius 2 is 1.45 bits per heavy atom. The zero-order chi connectivity index (χ0) is 13.5. The molecule has 0 unspecified atom stereocenters. The second-order valence-corrected chi connectivity index (χ2v) is 4.87. The molecule has 2 heteroatoms. The van der Waals surface area contributed by atoms with Crippen molar-refractivity contribution in [2.75, 3.05) is 6.61 Å². The van der Waals surface area contributed by atoms with E-state index in [-0.39, 0.29) is 6.61 Å². The number of benzene rings is 4. The van der Waals surface area contributed by atoms with E-state index in [0.29, 0.717) is 0 Å². The highest BCUT2D eigenvalue weighted by molar-refractivity contribution is 6.24. The van der Waals surface area contributed by atoms with E-state index in [1.165, 1.54) is 26.9 Å². The molecule has 4 rings (SSSR count). The van der Waals surface area contributed by atoms with E-state index >= 15 is 0 Å². The fourth-order valence-corrected chi connectivity index (χ4v) is 2.94. The first-order valence-electron chi connectivity index (χ1n) is 6.55. The Labute approximate surface area is 116 Å². The second kappa shape index (κ2) is 4.11. The molecule has 0 atom stereocenters. The minimum Gasteiger partial charge on any atom is -0.478 e. The van der Waals surface area contributed by atoms with Gasteiger partial charge in [-0.25, -0.2) is 0 Å². The molecular weight excluding hydrogens is 246 g/mol. The van der Waals surface area contributed by atoms with Gasteiger partial charge in [-0.3, -0.25) is 0 Å². The van der Waals surface area contributed by atoms with Gasteiger partial charge in [-0.1, -0.05) is 42.5 Å². The van der Waals surface area contributed by atoms with Crippen LogP contribution >= 0.6 is 0 Å². The lowest BCUT2D eigenvalue weighted by molar-refractivity contribution is 0.372. The molecule has 94 valence electrons. The fourth-order valence-electron chi connectivity index (χ4n) is 2.94. The minimum atomic E-state index is 0.0734. The summed E-state index contributed by atoms with van der Waals surface area (Å²) in [6, 6.07) is 20.8. The summed E-state index contributed by atoms with van der Waals surface area (Å²) < 4.78 is 5.55. The molecule has 0 saturated carbocycles. The lowest BCUT2D eigenvalue weighted by Gasteiger charge is -2.13. The maximum Gasteiger partial charge on any atom is 0.174 e. The Balaban J connectivity index is 2.18. The maximum atomic E-state index is 8.70. The number of nitrogens with zero attached hydrogens (tertiary/aromatic N) is 1. The van der Waals surface area contributed by atoms with Crippen LogP contribution in [-0.2, 0) is 0 Å². The molecule has 0 aromatic heterocycles. The van der Waals surface area contributed by atoms with Gasteiger partial charge in [0.1, 0.15) is 11.8 Å². The second-order valence-electron chi connectivity index (χ2n) is 4.87. The van der Waals surface area contributed by atoms with Crippen molar-refractivity contribution in [2.24, 2.45) is 0 Å². The molecule has 0 bridgehead atoms. The first kappa shape index (κ1) is 11.1. The number of hydrogen-bond donors (Lipinski definition) is 0. The van der Waals surface area contributed by atoms with Gasteiger partial charge in [0.05, 0.1) is 0 Å². The first-order chi connectivity index (χ1) is 9.88. The fraction of sp³-hybridized carbons (Fsp3) is 0.0556. The summed E-state index contributed by atoms with van der Waals surface area (Å²) in [5, 5.41) is 15.9. The van der Waals surface area contributed by atoms with Crippen LogP contribution in [0.25, 0.3) is 32.3 Å². The molecule has 0 spiro atoms. The molecule has 0 saturated heterocycles. The van der Waals surface area contributed by atoms with Crippen molar-refractivity contribution in [1.29, 1.82) is 5.26 Å². The molecule has 0 aliphatic rings. The molecule has 0 amide bonds. The van der Waals surface area contributed by atoms with Gasteiger partial charge in [0.2, 0.25) is 0 Å². The quantitative estimate of drug-likeness (QED) is 0.496. The van der Waals surface area contributed by atoms with Crippen LogP contribution in [0, 0.1) is 11.3 Å². The largest absolute Gasteiger partial charge is 0.478 e. The Morgan fingerprint density at radius 3 is 2.20 bits per heavy atom.